The smallest absolute Gasteiger partial charge is 0.262 e. The number of hydrogen-bond acceptors (Lipinski definition) is 4. The quantitative estimate of drug-likeness (QED) is 0.811. The normalized spacial score (nSPS) is 18.7. The molecule has 6 heteroatoms. The van der Waals surface area contributed by atoms with Gasteiger partial charge in [-0.1, -0.05) is 23.9 Å². The molecule has 1 atom stereocenters. The van der Waals surface area contributed by atoms with Crippen LogP contribution in [-0.4, -0.2) is 39.2 Å². The molecule has 110 valence electrons. The number of thioether (sulfide) groups is 1. The number of rotatable bonds is 3. The fraction of sp³-hybridized carbons (Fsp3) is 0.400. The largest absolute Gasteiger partial charge is 0.345 e. The number of benzene rings is 1. The molecule has 2 heterocycles. The molecule has 3 rings (SSSR count). The predicted molar refractivity (Wildman–Crippen MR) is 83.6 cm³/mol. The van der Waals surface area contributed by atoms with Crippen LogP contribution in [0.25, 0.3) is 10.9 Å². The number of carbonyl (C=O) groups is 1. The van der Waals surface area contributed by atoms with Crippen LogP contribution in [0.4, 0.5) is 0 Å². The molecular weight excluding hydrogens is 286 g/mol. The molecule has 1 aliphatic rings. The number of para-hydroxylation sites is 1. The van der Waals surface area contributed by atoms with Gasteiger partial charge in [-0.25, -0.2) is 4.98 Å². The summed E-state index contributed by atoms with van der Waals surface area (Å²) in [6.07, 6.45) is 0.798. The van der Waals surface area contributed by atoms with E-state index in [9.17, 15) is 9.59 Å². The van der Waals surface area contributed by atoms with Crippen molar-refractivity contribution in [1.29, 1.82) is 0 Å². The Labute approximate surface area is 127 Å². The van der Waals surface area contributed by atoms with E-state index in [1.165, 1.54) is 11.8 Å². The minimum Gasteiger partial charge on any atom is -0.345 e. The summed E-state index contributed by atoms with van der Waals surface area (Å²) in [5.41, 5.74) is 0.651. The van der Waals surface area contributed by atoms with Gasteiger partial charge in [0.25, 0.3) is 5.56 Å². The van der Waals surface area contributed by atoms with Gasteiger partial charge < -0.3 is 4.90 Å². The number of hydrogen-bond donors (Lipinski definition) is 0. The molecule has 1 amide bonds. The van der Waals surface area contributed by atoms with E-state index in [0.29, 0.717) is 22.6 Å². The SMILES string of the molecule is CCn1c(SC2CCN(C)C2=O)nc2ccccc2c1=O. The lowest BCUT2D eigenvalue weighted by molar-refractivity contribution is -0.126. The summed E-state index contributed by atoms with van der Waals surface area (Å²) in [6, 6.07) is 7.34. The average molecular weight is 303 g/mol. The van der Waals surface area contributed by atoms with Crippen molar-refractivity contribution in [2.45, 2.75) is 30.3 Å². The Hall–Kier alpha value is -1.82. The number of fused-ring (bicyclic) bond motifs is 1. The van der Waals surface area contributed by atoms with E-state index in [2.05, 4.69) is 4.98 Å². The zero-order valence-electron chi connectivity index (χ0n) is 12.1. The molecule has 21 heavy (non-hydrogen) atoms. The first kappa shape index (κ1) is 14.1. The molecule has 1 unspecified atom stereocenters. The fourth-order valence-corrected chi connectivity index (χ4v) is 3.79. The highest BCUT2D eigenvalue weighted by Gasteiger charge is 2.31. The summed E-state index contributed by atoms with van der Waals surface area (Å²) < 4.78 is 1.65. The first-order chi connectivity index (χ1) is 10.1. The Kier molecular flexibility index (Phi) is 3.71. The Bertz CT molecular complexity index is 756. The zero-order chi connectivity index (χ0) is 15.0. The van der Waals surface area contributed by atoms with Gasteiger partial charge in [-0.3, -0.25) is 14.2 Å². The Balaban J connectivity index is 2.05. The highest BCUT2D eigenvalue weighted by Crippen LogP contribution is 2.29. The van der Waals surface area contributed by atoms with Gasteiger partial charge in [0.15, 0.2) is 5.16 Å². The van der Waals surface area contributed by atoms with E-state index in [4.69, 9.17) is 0 Å². The van der Waals surface area contributed by atoms with E-state index in [1.807, 2.05) is 32.2 Å². The molecule has 1 aliphatic heterocycles. The summed E-state index contributed by atoms with van der Waals surface area (Å²) in [7, 11) is 1.81. The van der Waals surface area contributed by atoms with Crippen LogP contribution < -0.4 is 5.56 Å². The first-order valence-electron chi connectivity index (χ1n) is 7.03. The highest BCUT2D eigenvalue weighted by atomic mass is 32.2. The van der Waals surface area contributed by atoms with Gasteiger partial charge in [-0.2, -0.15) is 0 Å². The van der Waals surface area contributed by atoms with Crippen molar-refractivity contribution in [3.05, 3.63) is 34.6 Å². The van der Waals surface area contributed by atoms with Crippen LogP contribution in [0.1, 0.15) is 13.3 Å². The van der Waals surface area contributed by atoms with Crippen molar-refractivity contribution in [2.75, 3.05) is 13.6 Å². The summed E-state index contributed by atoms with van der Waals surface area (Å²) in [5, 5.41) is 1.12. The van der Waals surface area contributed by atoms with Gasteiger partial charge in [0, 0.05) is 20.1 Å². The third-order valence-corrected chi connectivity index (χ3v) is 5.01. The summed E-state index contributed by atoms with van der Waals surface area (Å²) in [5.74, 6) is 0.116. The van der Waals surface area contributed by atoms with Crippen molar-refractivity contribution in [3.63, 3.8) is 0 Å². The molecule has 2 aromatic rings. The van der Waals surface area contributed by atoms with E-state index in [0.717, 1.165) is 13.0 Å². The molecule has 0 bridgehead atoms. The topological polar surface area (TPSA) is 55.2 Å². The molecule has 0 saturated carbocycles. The van der Waals surface area contributed by atoms with Crippen LogP contribution in [0.2, 0.25) is 0 Å². The van der Waals surface area contributed by atoms with Crippen molar-refractivity contribution < 1.29 is 4.79 Å². The maximum absolute atomic E-state index is 12.5. The number of likely N-dealkylation sites (tertiary alicyclic amines) is 1. The summed E-state index contributed by atoms with van der Waals surface area (Å²) in [6.45, 7) is 3.24. The predicted octanol–water partition coefficient (Wildman–Crippen LogP) is 1.74. The molecule has 1 aromatic carbocycles. The van der Waals surface area contributed by atoms with Crippen LogP contribution in [-0.2, 0) is 11.3 Å². The van der Waals surface area contributed by atoms with Crippen molar-refractivity contribution in [2.24, 2.45) is 0 Å². The molecular formula is C15H17N3O2S. The molecule has 0 radical (unpaired) electrons. The van der Waals surface area contributed by atoms with E-state index in [-0.39, 0.29) is 16.7 Å². The second kappa shape index (κ2) is 5.52. The van der Waals surface area contributed by atoms with Gasteiger partial charge in [-0.05, 0) is 25.5 Å². The lowest BCUT2D eigenvalue weighted by Crippen LogP contribution is -2.26. The zero-order valence-corrected chi connectivity index (χ0v) is 12.9. The summed E-state index contributed by atoms with van der Waals surface area (Å²) in [4.78, 5) is 30.9. The number of carbonyl (C=O) groups excluding carboxylic acids is 1. The second-order valence-electron chi connectivity index (χ2n) is 5.12. The monoisotopic (exact) mass is 303 g/mol. The van der Waals surface area contributed by atoms with E-state index < -0.39 is 0 Å². The average Bonchev–Trinajstić information content (AvgIpc) is 2.80. The Morgan fingerprint density at radius 2 is 2.10 bits per heavy atom. The van der Waals surface area contributed by atoms with E-state index >= 15 is 0 Å². The minimum atomic E-state index is -0.138. The van der Waals surface area contributed by atoms with E-state index in [1.54, 1.807) is 15.5 Å². The minimum absolute atomic E-state index is 0.0376. The second-order valence-corrected chi connectivity index (χ2v) is 6.29. The van der Waals surface area contributed by atoms with Crippen LogP contribution in [0.3, 0.4) is 0 Å². The van der Waals surface area contributed by atoms with Crippen molar-refractivity contribution in [1.82, 2.24) is 14.5 Å². The number of amides is 1. The van der Waals surface area contributed by atoms with Gasteiger partial charge in [0.2, 0.25) is 5.91 Å². The van der Waals surface area contributed by atoms with Gasteiger partial charge in [-0.15, -0.1) is 0 Å². The molecule has 0 N–H and O–H groups in total. The summed E-state index contributed by atoms with van der Waals surface area (Å²) >= 11 is 1.40. The van der Waals surface area contributed by atoms with Crippen molar-refractivity contribution in [3.8, 4) is 0 Å². The van der Waals surface area contributed by atoms with Crippen LogP contribution in [0.15, 0.2) is 34.2 Å². The van der Waals surface area contributed by atoms with Crippen LogP contribution in [0.5, 0.6) is 0 Å². The lowest BCUT2D eigenvalue weighted by Gasteiger charge is -2.14. The van der Waals surface area contributed by atoms with Crippen molar-refractivity contribution >= 4 is 28.6 Å². The standard InChI is InChI=1S/C15H17N3O2S/c1-3-18-13(19)10-6-4-5-7-11(10)16-15(18)21-12-8-9-17(2)14(12)20/h4-7,12H,3,8-9H2,1-2H3. The number of aromatic nitrogens is 2. The van der Waals surface area contributed by atoms with Gasteiger partial charge in [0.05, 0.1) is 16.2 Å². The highest BCUT2D eigenvalue weighted by molar-refractivity contribution is 8.00. The number of nitrogens with zero attached hydrogens (tertiary/aromatic N) is 3. The van der Waals surface area contributed by atoms with Crippen LogP contribution in [0, 0.1) is 0 Å². The molecule has 1 saturated heterocycles. The molecule has 1 fully saturated rings. The fourth-order valence-electron chi connectivity index (χ4n) is 2.54. The molecule has 0 spiro atoms. The van der Waals surface area contributed by atoms with Crippen LogP contribution >= 0.6 is 11.8 Å². The first-order valence-corrected chi connectivity index (χ1v) is 7.91. The van der Waals surface area contributed by atoms with Gasteiger partial charge in [0.1, 0.15) is 0 Å². The maximum atomic E-state index is 12.5. The van der Waals surface area contributed by atoms with Gasteiger partial charge >= 0.3 is 0 Å². The Morgan fingerprint density at radius 3 is 2.76 bits per heavy atom. The molecule has 0 aliphatic carbocycles. The third kappa shape index (κ3) is 2.44. The maximum Gasteiger partial charge on any atom is 0.262 e. The third-order valence-electron chi connectivity index (χ3n) is 3.77. The molecule has 5 nitrogen and oxygen atoms in total. The Morgan fingerprint density at radius 1 is 1.33 bits per heavy atom. The lowest BCUT2D eigenvalue weighted by atomic mass is 10.2. The molecule has 1 aromatic heterocycles.